The van der Waals surface area contributed by atoms with E-state index in [1.165, 1.54) is 5.56 Å². The summed E-state index contributed by atoms with van der Waals surface area (Å²) in [5, 5.41) is 12.2. The molecular weight excluding hydrogens is 256 g/mol. The van der Waals surface area contributed by atoms with Gasteiger partial charge < -0.3 is 9.52 Å². The van der Waals surface area contributed by atoms with Gasteiger partial charge in [-0.2, -0.15) is 11.8 Å². The van der Waals surface area contributed by atoms with Gasteiger partial charge in [0, 0.05) is 16.6 Å². The lowest BCUT2D eigenvalue weighted by Crippen LogP contribution is -2.47. The van der Waals surface area contributed by atoms with Gasteiger partial charge in [-0.25, -0.2) is 0 Å². The van der Waals surface area contributed by atoms with Crippen LogP contribution in [0.3, 0.4) is 0 Å². The highest BCUT2D eigenvalue weighted by Crippen LogP contribution is 2.49. The van der Waals surface area contributed by atoms with Crippen LogP contribution in [-0.4, -0.2) is 16.6 Å². The Morgan fingerprint density at radius 3 is 2.79 bits per heavy atom. The van der Waals surface area contributed by atoms with Crippen LogP contribution in [0, 0.1) is 12.3 Å². The van der Waals surface area contributed by atoms with Crippen LogP contribution in [0.2, 0.25) is 0 Å². The summed E-state index contributed by atoms with van der Waals surface area (Å²) in [4.78, 5) is 0. The van der Waals surface area contributed by atoms with Crippen LogP contribution in [0.5, 0.6) is 0 Å². The molecule has 3 rings (SSSR count). The molecule has 0 radical (unpaired) electrons. The summed E-state index contributed by atoms with van der Waals surface area (Å²) in [7, 11) is 0. The SMILES string of the molecule is Cc1ccc2oc(C3(O)CSCCC3(C)C)cc2c1. The standard InChI is InChI=1S/C16H20O2S/c1-11-4-5-13-12(8-11)9-14(18-13)16(17)10-19-7-6-15(16,2)3/h4-5,8-9,17H,6-7,10H2,1-3H3. The Bertz CT molecular complexity index is 614. The number of hydrogen-bond donors (Lipinski definition) is 1. The molecule has 2 aromatic rings. The maximum atomic E-state index is 11.1. The molecule has 1 saturated heterocycles. The first-order valence-corrected chi connectivity index (χ1v) is 7.89. The molecule has 0 aliphatic carbocycles. The summed E-state index contributed by atoms with van der Waals surface area (Å²) in [5.41, 5.74) is 1.05. The van der Waals surface area contributed by atoms with E-state index in [4.69, 9.17) is 4.42 Å². The van der Waals surface area contributed by atoms with Crippen molar-refractivity contribution in [2.45, 2.75) is 32.8 Å². The molecule has 0 amide bonds. The molecule has 1 aliphatic heterocycles. The zero-order chi connectivity index (χ0) is 13.7. The summed E-state index contributed by atoms with van der Waals surface area (Å²) in [5.74, 6) is 2.53. The number of hydrogen-bond acceptors (Lipinski definition) is 3. The Morgan fingerprint density at radius 2 is 2.05 bits per heavy atom. The molecule has 1 aromatic heterocycles. The van der Waals surface area contributed by atoms with Crippen LogP contribution in [0.25, 0.3) is 11.0 Å². The van der Waals surface area contributed by atoms with Crippen molar-refractivity contribution >= 4 is 22.7 Å². The minimum absolute atomic E-state index is 0.152. The Balaban J connectivity index is 2.12. The summed E-state index contributed by atoms with van der Waals surface area (Å²) in [6, 6.07) is 8.14. The zero-order valence-corrected chi connectivity index (χ0v) is 12.5. The predicted molar refractivity (Wildman–Crippen MR) is 80.6 cm³/mol. The normalized spacial score (nSPS) is 26.7. The Morgan fingerprint density at radius 1 is 1.26 bits per heavy atom. The van der Waals surface area contributed by atoms with Gasteiger partial charge in [0.15, 0.2) is 0 Å². The number of aliphatic hydroxyl groups is 1. The lowest BCUT2D eigenvalue weighted by Gasteiger charge is -2.44. The third-order valence-corrected chi connectivity index (χ3v) is 5.50. The first-order valence-electron chi connectivity index (χ1n) is 6.73. The van der Waals surface area contributed by atoms with Crippen LogP contribution >= 0.6 is 11.8 Å². The molecule has 2 heterocycles. The van der Waals surface area contributed by atoms with Gasteiger partial charge in [0.2, 0.25) is 0 Å². The molecule has 1 aromatic carbocycles. The van der Waals surface area contributed by atoms with E-state index in [1.807, 2.05) is 18.2 Å². The first-order chi connectivity index (χ1) is 8.92. The molecule has 102 valence electrons. The maximum absolute atomic E-state index is 11.1. The van der Waals surface area contributed by atoms with E-state index in [9.17, 15) is 5.11 Å². The summed E-state index contributed by atoms with van der Waals surface area (Å²) < 4.78 is 5.94. The minimum atomic E-state index is -0.872. The van der Waals surface area contributed by atoms with Crippen molar-refractivity contribution < 1.29 is 9.52 Å². The monoisotopic (exact) mass is 276 g/mol. The number of fused-ring (bicyclic) bond motifs is 1. The second-order valence-corrected chi connectivity index (χ2v) is 7.30. The van der Waals surface area contributed by atoms with E-state index in [2.05, 4.69) is 26.8 Å². The van der Waals surface area contributed by atoms with E-state index < -0.39 is 5.60 Å². The largest absolute Gasteiger partial charge is 0.458 e. The molecular formula is C16H20O2S. The Hall–Kier alpha value is -0.930. The molecule has 19 heavy (non-hydrogen) atoms. The lowest BCUT2D eigenvalue weighted by molar-refractivity contribution is -0.0727. The molecule has 0 saturated carbocycles. The number of furan rings is 1. The first kappa shape index (κ1) is 13.1. The smallest absolute Gasteiger partial charge is 0.138 e. The molecule has 1 fully saturated rings. The molecule has 1 unspecified atom stereocenters. The zero-order valence-electron chi connectivity index (χ0n) is 11.7. The average molecular weight is 276 g/mol. The van der Waals surface area contributed by atoms with E-state index in [1.54, 1.807) is 11.8 Å². The highest BCUT2D eigenvalue weighted by Gasteiger charge is 2.49. The van der Waals surface area contributed by atoms with Crippen molar-refractivity contribution in [2.75, 3.05) is 11.5 Å². The molecule has 0 spiro atoms. The third-order valence-electron chi connectivity index (χ3n) is 4.38. The maximum Gasteiger partial charge on any atom is 0.138 e. The molecule has 1 aliphatic rings. The van der Waals surface area contributed by atoms with Crippen molar-refractivity contribution in [3.8, 4) is 0 Å². The fraction of sp³-hybridized carbons (Fsp3) is 0.500. The molecule has 2 nitrogen and oxygen atoms in total. The summed E-state index contributed by atoms with van der Waals surface area (Å²) >= 11 is 1.80. The van der Waals surface area contributed by atoms with Gasteiger partial charge in [-0.05, 0) is 37.3 Å². The summed E-state index contributed by atoms with van der Waals surface area (Å²) in [6.07, 6.45) is 1.00. The van der Waals surface area contributed by atoms with Crippen molar-refractivity contribution in [2.24, 2.45) is 5.41 Å². The van der Waals surface area contributed by atoms with Crippen LogP contribution in [0.4, 0.5) is 0 Å². The topological polar surface area (TPSA) is 33.4 Å². The number of thioether (sulfide) groups is 1. The van der Waals surface area contributed by atoms with Crippen molar-refractivity contribution in [3.05, 3.63) is 35.6 Å². The van der Waals surface area contributed by atoms with Gasteiger partial charge in [0.05, 0.1) is 0 Å². The lowest BCUT2D eigenvalue weighted by atomic mass is 9.72. The van der Waals surface area contributed by atoms with E-state index in [-0.39, 0.29) is 5.41 Å². The van der Waals surface area contributed by atoms with Crippen LogP contribution < -0.4 is 0 Å². The van der Waals surface area contributed by atoms with Gasteiger partial charge in [-0.15, -0.1) is 0 Å². The second kappa shape index (κ2) is 4.29. The van der Waals surface area contributed by atoms with Gasteiger partial charge in [0.1, 0.15) is 16.9 Å². The van der Waals surface area contributed by atoms with Crippen LogP contribution in [0.15, 0.2) is 28.7 Å². The Kier molecular flexibility index (Phi) is 2.95. The van der Waals surface area contributed by atoms with Gasteiger partial charge >= 0.3 is 0 Å². The molecule has 3 heteroatoms. The quantitative estimate of drug-likeness (QED) is 0.851. The van der Waals surface area contributed by atoms with E-state index in [0.29, 0.717) is 11.5 Å². The van der Waals surface area contributed by atoms with E-state index in [0.717, 1.165) is 23.1 Å². The van der Waals surface area contributed by atoms with Gasteiger partial charge in [-0.1, -0.05) is 25.5 Å². The molecule has 1 N–H and O–H groups in total. The highest BCUT2D eigenvalue weighted by atomic mass is 32.2. The number of benzene rings is 1. The average Bonchev–Trinajstić information content (AvgIpc) is 2.76. The third kappa shape index (κ3) is 2.00. The van der Waals surface area contributed by atoms with Crippen molar-refractivity contribution in [1.82, 2.24) is 0 Å². The molecule has 0 bridgehead atoms. The van der Waals surface area contributed by atoms with Crippen LogP contribution in [-0.2, 0) is 5.60 Å². The summed E-state index contributed by atoms with van der Waals surface area (Å²) in [6.45, 7) is 6.33. The second-order valence-electron chi connectivity index (χ2n) is 6.20. The number of aryl methyl sites for hydroxylation is 1. The predicted octanol–water partition coefficient (Wildman–Crippen LogP) is 4.09. The van der Waals surface area contributed by atoms with Gasteiger partial charge in [-0.3, -0.25) is 0 Å². The fourth-order valence-corrected chi connectivity index (χ4v) is 4.35. The Labute approximate surface area is 118 Å². The highest BCUT2D eigenvalue weighted by molar-refractivity contribution is 7.99. The van der Waals surface area contributed by atoms with Crippen molar-refractivity contribution in [1.29, 1.82) is 0 Å². The minimum Gasteiger partial charge on any atom is -0.458 e. The van der Waals surface area contributed by atoms with Crippen molar-refractivity contribution in [3.63, 3.8) is 0 Å². The van der Waals surface area contributed by atoms with Gasteiger partial charge in [0.25, 0.3) is 0 Å². The molecule has 1 atom stereocenters. The van der Waals surface area contributed by atoms with Crippen LogP contribution in [0.1, 0.15) is 31.6 Å². The van der Waals surface area contributed by atoms with E-state index >= 15 is 0 Å². The number of rotatable bonds is 1. The fourth-order valence-electron chi connectivity index (χ4n) is 2.72.